The summed E-state index contributed by atoms with van der Waals surface area (Å²) in [5, 5.41) is 35.6. The lowest BCUT2D eigenvalue weighted by Gasteiger charge is -2.16. The zero-order chi connectivity index (χ0) is 27.5. The van der Waals surface area contributed by atoms with E-state index in [-0.39, 0.29) is 5.69 Å². The van der Waals surface area contributed by atoms with Gasteiger partial charge in [-0.2, -0.15) is 15.5 Å². The number of aliphatic hydroxyl groups is 1. The summed E-state index contributed by atoms with van der Waals surface area (Å²) in [5.74, 6) is 2.13. The number of nitrogens with one attached hydrogen (secondary N) is 1. The van der Waals surface area contributed by atoms with Crippen molar-refractivity contribution in [2.45, 2.75) is 26.9 Å². The summed E-state index contributed by atoms with van der Waals surface area (Å²) in [5.41, 5.74) is 4.50. The summed E-state index contributed by atoms with van der Waals surface area (Å²) in [4.78, 5) is 9.42. The molecule has 0 spiro atoms. The first kappa shape index (κ1) is 25.8. The molecule has 198 valence electrons. The van der Waals surface area contributed by atoms with Crippen LogP contribution in [0.1, 0.15) is 35.7 Å². The van der Waals surface area contributed by atoms with E-state index in [2.05, 4.69) is 31.7 Å². The third-order valence-electron chi connectivity index (χ3n) is 6.04. The van der Waals surface area contributed by atoms with Crippen molar-refractivity contribution in [3.8, 4) is 23.5 Å². The average molecular weight is 526 g/mol. The number of nitriles is 1. The second-order valence-electron chi connectivity index (χ2n) is 8.93. The van der Waals surface area contributed by atoms with Crippen LogP contribution in [0.15, 0.2) is 48.8 Å². The molecule has 4 aromatic heterocycles. The highest BCUT2D eigenvalue weighted by Gasteiger charge is 2.19. The minimum Gasteiger partial charge on any atom is -0.489 e. The number of nitrogens with zero attached hydrogens (tertiary/aromatic N) is 8. The van der Waals surface area contributed by atoms with Crippen molar-refractivity contribution >= 4 is 22.5 Å². The Hall–Kier alpha value is -4.86. The molecule has 12 heteroatoms. The van der Waals surface area contributed by atoms with Gasteiger partial charge in [0.2, 0.25) is 0 Å². The van der Waals surface area contributed by atoms with Crippen LogP contribution in [0, 0.1) is 25.2 Å². The Morgan fingerprint density at radius 2 is 1.95 bits per heavy atom. The van der Waals surface area contributed by atoms with Crippen LogP contribution < -0.4 is 10.1 Å². The zero-order valence-corrected chi connectivity index (χ0v) is 22.0. The largest absolute Gasteiger partial charge is 0.489 e. The Bertz CT molecular complexity index is 1670. The molecule has 5 rings (SSSR count). The number of aliphatic hydroxyl groups excluding tert-OH is 1. The molecule has 0 radical (unpaired) electrons. The van der Waals surface area contributed by atoms with E-state index in [0.717, 1.165) is 16.9 Å². The maximum atomic E-state index is 10.4. The summed E-state index contributed by atoms with van der Waals surface area (Å²) < 4.78 is 14.6. The first-order valence-corrected chi connectivity index (χ1v) is 12.2. The number of ether oxygens (including phenoxy) is 2. The zero-order valence-electron chi connectivity index (χ0n) is 22.0. The van der Waals surface area contributed by atoms with Gasteiger partial charge in [0.15, 0.2) is 17.3 Å². The molecule has 39 heavy (non-hydrogen) atoms. The molecule has 12 nitrogen and oxygen atoms in total. The Morgan fingerprint density at radius 1 is 1.10 bits per heavy atom. The van der Waals surface area contributed by atoms with Gasteiger partial charge in [0.25, 0.3) is 0 Å². The van der Waals surface area contributed by atoms with Gasteiger partial charge in [0, 0.05) is 24.4 Å². The Kier molecular flexibility index (Phi) is 7.18. The van der Waals surface area contributed by atoms with Gasteiger partial charge >= 0.3 is 0 Å². The van der Waals surface area contributed by atoms with Gasteiger partial charge in [0.1, 0.15) is 30.6 Å². The summed E-state index contributed by atoms with van der Waals surface area (Å²) >= 11 is 0. The predicted molar refractivity (Wildman–Crippen MR) is 143 cm³/mol. The van der Waals surface area contributed by atoms with E-state index in [1.807, 2.05) is 42.7 Å². The second-order valence-corrected chi connectivity index (χ2v) is 8.93. The van der Waals surface area contributed by atoms with E-state index in [0.29, 0.717) is 53.2 Å². The molecule has 0 saturated carbocycles. The first-order chi connectivity index (χ1) is 18.9. The van der Waals surface area contributed by atoms with Gasteiger partial charge in [0.05, 0.1) is 35.1 Å². The number of imidazole rings is 1. The number of hydrogen-bond donors (Lipinski definition) is 2. The van der Waals surface area contributed by atoms with E-state index in [1.165, 1.54) is 0 Å². The molecule has 0 aliphatic rings. The molecule has 1 aromatic carbocycles. The number of rotatable bonds is 9. The summed E-state index contributed by atoms with van der Waals surface area (Å²) in [7, 11) is 1.61. The number of benzene rings is 1. The van der Waals surface area contributed by atoms with Crippen LogP contribution in [-0.2, 0) is 4.74 Å². The Morgan fingerprint density at radius 3 is 2.64 bits per heavy atom. The highest BCUT2D eigenvalue weighted by atomic mass is 16.5. The molecule has 1 atom stereocenters. The van der Waals surface area contributed by atoms with E-state index in [4.69, 9.17) is 14.5 Å². The third kappa shape index (κ3) is 5.26. The van der Waals surface area contributed by atoms with Crippen molar-refractivity contribution in [1.29, 1.82) is 5.26 Å². The van der Waals surface area contributed by atoms with E-state index >= 15 is 0 Å². The van der Waals surface area contributed by atoms with E-state index < -0.39 is 6.10 Å². The van der Waals surface area contributed by atoms with Crippen LogP contribution in [-0.4, -0.2) is 59.9 Å². The topological polar surface area (TPSA) is 149 Å². The number of aryl methyl sites for hydroxylation is 2. The number of pyridine rings is 1. The number of anilines is 2. The van der Waals surface area contributed by atoms with Crippen molar-refractivity contribution in [1.82, 2.24) is 34.5 Å². The lowest BCUT2D eigenvalue weighted by atomic mass is 10.1. The van der Waals surface area contributed by atoms with Crippen molar-refractivity contribution < 1.29 is 14.6 Å². The SMILES string of the molecule is COCCOc1cc2c(cc1Nc1ccc(C)nn1)ncn2-c1ccc(C(C)O)c(-n2nc(C#N)cc2C)n1. The molecule has 4 heterocycles. The molecule has 0 amide bonds. The molecular formula is C27H27N9O3. The standard InChI is InChI=1S/C27H27N9O3/c1-16-5-7-25(33-32-16)30-22-12-21-23(13-24(22)39-10-9-38-4)35(15-29-21)26-8-6-20(18(3)37)27(31-26)36-17(2)11-19(14-28)34-36/h5-8,11-13,15,18,37H,9-10H2,1-4H3,(H,30,33). The predicted octanol–water partition coefficient (Wildman–Crippen LogP) is 3.71. The lowest BCUT2D eigenvalue weighted by Crippen LogP contribution is -2.11. The fourth-order valence-corrected chi connectivity index (χ4v) is 4.10. The van der Waals surface area contributed by atoms with E-state index in [9.17, 15) is 10.4 Å². The summed E-state index contributed by atoms with van der Waals surface area (Å²) in [6.07, 6.45) is 0.874. The highest BCUT2D eigenvalue weighted by molar-refractivity contribution is 5.86. The summed E-state index contributed by atoms with van der Waals surface area (Å²) in [6, 6.07) is 14.8. The van der Waals surface area contributed by atoms with Gasteiger partial charge in [-0.05, 0) is 57.2 Å². The minimum atomic E-state index is -0.797. The maximum Gasteiger partial charge on any atom is 0.163 e. The quantitative estimate of drug-likeness (QED) is 0.273. The molecule has 0 saturated heterocycles. The van der Waals surface area contributed by atoms with Crippen molar-refractivity contribution in [3.63, 3.8) is 0 Å². The van der Waals surface area contributed by atoms with Gasteiger partial charge in [-0.15, -0.1) is 5.10 Å². The number of hydrogen-bond acceptors (Lipinski definition) is 10. The lowest BCUT2D eigenvalue weighted by molar-refractivity contribution is 0.147. The van der Waals surface area contributed by atoms with Crippen LogP contribution >= 0.6 is 0 Å². The van der Waals surface area contributed by atoms with Crippen LogP contribution in [0.25, 0.3) is 22.7 Å². The molecule has 1 unspecified atom stereocenters. The molecule has 2 N–H and O–H groups in total. The van der Waals surface area contributed by atoms with Crippen molar-refractivity contribution in [2.75, 3.05) is 25.6 Å². The van der Waals surface area contributed by atoms with Crippen LogP contribution in [0.5, 0.6) is 5.75 Å². The van der Waals surface area contributed by atoms with Crippen LogP contribution in [0.4, 0.5) is 11.5 Å². The molecule has 0 aliphatic heterocycles. The van der Waals surface area contributed by atoms with Gasteiger partial charge in [-0.25, -0.2) is 14.6 Å². The fraction of sp³-hybridized carbons (Fsp3) is 0.259. The Balaban J connectivity index is 1.60. The van der Waals surface area contributed by atoms with Gasteiger partial charge < -0.3 is 19.9 Å². The molecule has 0 aliphatic carbocycles. The fourth-order valence-electron chi connectivity index (χ4n) is 4.10. The van der Waals surface area contributed by atoms with Gasteiger partial charge in [-0.3, -0.25) is 4.57 Å². The van der Waals surface area contributed by atoms with E-state index in [1.54, 1.807) is 43.2 Å². The number of aromatic nitrogens is 7. The third-order valence-corrected chi connectivity index (χ3v) is 6.04. The van der Waals surface area contributed by atoms with Crippen molar-refractivity contribution in [3.05, 3.63) is 71.4 Å². The molecule has 0 bridgehead atoms. The minimum absolute atomic E-state index is 0.264. The number of methoxy groups -OCH3 is 1. The smallest absolute Gasteiger partial charge is 0.163 e. The van der Waals surface area contributed by atoms with Crippen molar-refractivity contribution in [2.24, 2.45) is 0 Å². The molecule has 0 fully saturated rings. The maximum absolute atomic E-state index is 10.4. The van der Waals surface area contributed by atoms with Crippen LogP contribution in [0.3, 0.4) is 0 Å². The van der Waals surface area contributed by atoms with Crippen LogP contribution in [0.2, 0.25) is 0 Å². The molecule has 5 aromatic rings. The summed E-state index contributed by atoms with van der Waals surface area (Å²) in [6.45, 7) is 6.12. The molecular weight excluding hydrogens is 498 g/mol. The van der Waals surface area contributed by atoms with Gasteiger partial charge in [-0.1, -0.05) is 0 Å². The first-order valence-electron chi connectivity index (χ1n) is 12.2. The average Bonchev–Trinajstić information content (AvgIpc) is 3.52. The number of fused-ring (bicyclic) bond motifs is 1. The second kappa shape index (κ2) is 10.9. The highest BCUT2D eigenvalue weighted by Crippen LogP contribution is 2.33. The Labute approximate surface area is 224 Å². The normalized spacial score (nSPS) is 11.9. The monoisotopic (exact) mass is 525 g/mol.